The summed E-state index contributed by atoms with van der Waals surface area (Å²) in [6, 6.07) is 9.63. The number of anilines is 1. The summed E-state index contributed by atoms with van der Waals surface area (Å²) < 4.78 is 5.44. The van der Waals surface area contributed by atoms with E-state index in [-0.39, 0.29) is 6.09 Å². The molecular formula is C15H23NO2. The summed E-state index contributed by atoms with van der Waals surface area (Å²) >= 11 is 0. The molecule has 0 saturated carbocycles. The second kappa shape index (κ2) is 5.89. The first-order valence-electron chi connectivity index (χ1n) is 6.35. The zero-order chi connectivity index (χ0) is 13.8. The molecule has 0 aromatic heterocycles. The molecule has 0 saturated heterocycles. The van der Waals surface area contributed by atoms with Crippen molar-refractivity contribution in [2.45, 2.75) is 40.2 Å². The molecular weight excluding hydrogens is 226 g/mol. The van der Waals surface area contributed by atoms with E-state index in [1.165, 1.54) is 0 Å². The maximum absolute atomic E-state index is 12.2. The van der Waals surface area contributed by atoms with Gasteiger partial charge in [-0.1, -0.05) is 32.0 Å². The van der Waals surface area contributed by atoms with Gasteiger partial charge in [-0.15, -0.1) is 0 Å². The standard InChI is InChI=1S/C15H23NO2/c1-12(2)11-16(13-9-7-6-8-10-13)14(17)18-15(3,4)5/h6-10,12H,11H2,1-5H3. The summed E-state index contributed by atoms with van der Waals surface area (Å²) in [5.74, 6) is 0.387. The van der Waals surface area contributed by atoms with Crippen molar-refractivity contribution in [1.82, 2.24) is 0 Å². The molecule has 1 rings (SSSR count). The largest absolute Gasteiger partial charge is 0.443 e. The molecule has 1 aromatic carbocycles. The van der Waals surface area contributed by atoms with Gasteiger partial charge in [0.15, 0.2) is 0 Å². The van der Waals surface area contributed by atoms with E-state index in [1.54, 1.807) is 4.90 Å². The Bertz CT molecular complexity index is 379. The smallest absolute Gasteiger partial charge is 0.414 e. The molecule has 3 heteroatoms. The lowest BCUT2D eigenvalue weighted by Gasteiger charge is -2.28. The first-order valence-corrected chi connectivity index (χ1v) is 6.35. The van der Waals surface area contributed by atoms with Crippen LogP contribution in [-0.4, -0.2) is 18.2 Å². The van der Waals surface area contributed by atoms with Crippen molar-refractivity contribution in [3.05, 3.63) is 30.3 Å². The molecule has 0 heterocycles. The lowest BCUT2D eigenvalue weighted by Crippen LogP contribution is -2.39. The fourth-order valence-electron chi connectivity index (χ4n) is 1.58. The molecule has 0 N–H and O–H groups in total. The van der Waals surface area contributed by atoms with E-state index in [9.17, 15) is 4.79 Å². The van der Waals surface area contributed by atoms with Gasteiger partial charge >= 0.3 is 6.09 Å². The summed E-state index contributed by atoms with van der Waals surface area (Å²) in [7, 11) is 0. The predicted molar refractivity (Wildman–Crippen MR) is 74.9 cm³/mol. The summed E-state index contributed by atoms with van der Waals surface area (Å²) in [5.41, 5.74) is 0.404. The van der Waals surface area contributed by atoms with Gasteiger partial charge in [0.25, 0.3) is 0 Å². The van der Waals surface area contributed by atoms with Crippen LogP contribution in [0.4, 0.5) is 10.5 Å². The zero-order valence-corrected chi connectivity index (χ0v) is 11.9. The number of carbonyl (C=O) groups is 1. The molecule has 0 aliphatic carbocycles. The molecule has 1 amide bonds. The fraction of sp³-hybridized carbons (Fsp3) is 0.533. The van der Waals surface area contributed by atoms with Crippen LogP contribution in [0, 0.1) is 5.92 Å². The van der Waals surface area contributed by atoms with Gasteiger partial charge in [-0.2, -0.15) is 0 Å². The molecule has 0 atom stereocenters. The maximum atomic E-state index is 12.2. The van der Waals surface area contributed by atoms with Crippen LogP contribution < -0.4 is 4.90 Å². The van der Waals surface area contributed by atoms with Gasteiger partial charge in [0.2, 0.25) is 0 Å². The van der Waals surface area contributed by atoms with Crippen molar-refractivity contribution in [2.75, 3.05) is 11.4 Å². The zero-order valence-electron chi connectivity index (χ0n) is 11.9. The number of ether oxygens (including phenoxy) is 1. The van der Waals surface area contributed by atoms with Crippen LogP contribution in [-0.2, 0) is 4.74 Å². The number of carbonyl (C=O) groups excluding carboxylic acids is 1. The third-order valence-corrected chi connectivity index (χ3v) is 2.23. The van der Waals surface area contributed by atoms with Crippen molar-refractivity contribution in [1.29, 1.82) is 0 Å². The molecule has 0 radical (unpaired) electrons. The van der Waals surface area contributed by atoms with Crippen LogP contribution in [0.15, 0.2) is 30.3 Å². The second-order valence-electron chi connectivity index (χ2n) is 5.82. The fourth-order valence-corrected chi connectivity index (χ4v) is 1.58. The average Bonchev–Trinajstić information content (AvgIpc) is 2.24. The highest BCUT2D eigenvalue weighted by Gasteiger charge is 2.23. The minimum absolute atomic E-state index is 0.289. The first-order chi connectivity index (χ1) is 8.29. The number of hydrogen-bond acceptors (Lipinski definition) is 2. The predicted octanol–water partition coefficient (Wildman–Crippen LogP) is 4.08. The lowest BCUT2D eigenvalue weighted by atomic mass is 10.2. The third-order valence-electron chi connectivity index (χ3n) is 2.23. The Morgan fingerprint density at radius 1 is 1.22 bits per heavy atom. The maximum Gasteiger partial charge on any atom is 0.414 e. The van der Waals surface area contributed by atoms with E-state index < -0.39 is 5.60 Å². The van der Waals surface area contributed by atoms with Crippen molar-refractivity contribution in [3.63, 3.8) is 0 Å². The van der Waals surface area contributed by atoms with Crippen LogP contribution in [0.1, 0.15) is 34.6 Å². The Morgan fingerprint density at radius 3 is 2.22 bits per heavy atom. The normalized spacial score (nSPS) is 11.4. The van der Waals surface area contributed by atoms with Crippen molar-refractivity contribution in [3.8, 4) is 0 Å². The number of hydrogen-bond donors (Lipinski definition) is 0. The topological polar surface area (TPSA) is 29.5 Å². The molecule has 0 aliphatic heterocycles. The molecule has 0 unspecified atom stereocenters. The molecule has 0 bridgehead atoms. The number of nitrogens with zero attached hydrogens (tertiary/aromatic N) is 1. The average molecular weight is 249 g/mol. The van der Waals surface area contributed by atoms with E-state index in [0.29, 0.717) is 12.5 Å². The molecule has 0 spiro atoms. The summed E-state index contributed by atoms with van der Waals surface area (Å²) in [5, 5.41) is 0. The summed E-state index contributed by atoms with van der Waals surface area (Å²) in [6.07, 6.45) is -0.289. The first kappa shape index (κ1) is 14.6. The van der Waals surface area contributed by atoms with Crippen LogP contribution in [0.3, 0.4) is 0 Å². The van der Waals surface area contributed by atoms with E-state index in [2.05, 4.69) is 13.8 Å². The number of rotatable bonds is 3. The van der Waals surface area contributed by atoms with E-state index in [4.69, 9.17) is 4.74 Å². The summed E-state index contributed by atoms with van der Waals surface area (Å²) in [6.45, 7) is 10.5. The quantitative estimate of drug-likeness (QED) is 0.807. The van der Waals surface area contributed by atoms with E-state index in [0.717, 1.165) is 5.69 Å². The Morgan fingerprint density at radius 2 is 1.78 bits per heavy atom. The van der Waals surface area contributed by atoms with Crippen molar-refractivity contribution in [2.24, 2.45) is 5.92 Å². The van der Waals surface area contributed by atoms with Gasteiger partial charge in [-0.25, -0.2) is 4.79 Å². The highest BCUT2D eigenvalue weighted by atomic mass is 16.6. The Balaban J connectivity index is 2.89. The SMILES string of the molecule is CC(C)CN(C(=O)OC(C)(C)C)c1ccccc1. The molecule has 0 fully saturated rings. The van der Waals surface area contributed by atoms with Gasteiger partial charge in [0, 0.05) is 12.2 Å². The van der Waals surface area contributed by atoms with E-state index >= 15 is 0 Å². The highest BCUT2D eigenvalue weighted by Crippen LogP contribution is 2.19. The number of amides is 1. The van der Waals surface area contributed by atoms with Gasteiger partial charge in [0.1, 0.15) is 5.60 Å². The molecule has 1 aromatic rings. The third kappa shape index (κ3) is 4.78. The number of para-hydroxylation sites is 1. The van der Waals surface area contributed by atoms with Crippen molar-refractivity contribution < 1.29 is 9.53 Å². The van der Waals surface area contributed by atoms with Crippen LogP contribution in [0.5, 0.6) is 0 Å². The Kier molecular flexibility index (Phi) is 4.76. The van der Waals surface area contributed by atoms with Crippen molar-refractivity contribution >= 4 is 11.8 Å². The van der Waals surface area contributed by atoms with Gasteiger partial charge in [-0.3, -0.25) is 4.90 Å². The highest BCUT2D eigenvalue weighted by molar-refractivity contribution is 5.87. The molecule has 18 heavy (non-hydrogen) atoms. The van der Waals surface area contributed by atoms with Gasteiger partial charge in [0.05, 0.1) is 0 Å². The lowest BCUT2D eigenvalue weighted by molar-refractivity contribution is 0.0576. The van der Waals surface area contributed by atoms with Crippen LogP contribution in [0.25, 0.3) is 0 Å². The monoisotopic (exact) mass is 249 g/mol. The van der Waals surface area contributed by atoms with Crippen LogP contribution in [0.2, 0.25) is 0 Å². The minimum atomic E-state index is -0.471. The molecule has 3 nitrogen and oxygen atoms in total. The minimum Gasteiger partial charge on any atom is -0.443 e. The number of benzene rings is 1. The van der Waals surface area contributed by atoms with E-state index in [1.807, 2.05) is 51.1 Å². The second-order valence-corrected chi connectivity index (χ2v) is 5.82. The Hall–Kier alpha value is -1.51. The Labute approximate surface area is 110 Å². The summed E-state index contributed by atoms with van der Waals surface area (Å²) in [4.78, 5) is 13.9. The van der Waals surface area contributed by atoms with Crippen LogP contribution >= 0.6 is 0 Å². The van der Waals surface area contributed by atoms with Gasteiger partial charge in [-0.05, 0) is 38.8 Å². The van der Waals surface area contributed by atoms with Gasteiger partial charge < -0.3 is 4.74 Å². The molecule has 100 valence electrons. The molecule has 0 aliphatic rings.